The SMILES string of the molecule is CNC(=O)c1cc(Oc2ccc3c(c2)nc(Nc2ccc(OC(F)(F)F)c(-c4cccnc4)c2)n3C)ccn1. The molecule has 0 radical (unpaired) electrons. The van der Waals surface area contributed by atoms with Gasteiger partial charge in [-0.05, 0) is 42.5 Å². The molecule has 0 fully saturated rings. The summed E-state index contributed by atoms with van der Waals surface area (Å²) >= 11 is 0. The predicted octanol–water partition coefficient (Wildman–Crippen LogP) is 5.82. The van der Waals surface area contributed by atoms with Crippen molar-refractivity contribution in [2.75, 3.05) is 12.4 Å². The number of nitrogens with zero attached hydrogens (tertiary/aromatic N) is 4. The van der Waals surface area contributed by atoms with Crippen molar-refractivity contribution in [3.8, 4) is 28.4 Å². The molecule has 0 saturated heterocycles. The lowest BCUT2D eigenvalue weighted by Crippen LogP contribution is -2.18. The third kappa shape index (κ3) is 5.74. The van der Waals surface area contributed by atoms with E-state index >= 15 is 0 Å². The summed E-state index contributed by atoms with van der Waals surface area (Å²) in [7, 11) is 3.32. The topological polar surface area (TPSA) is 103 Å². The molecular weight excluding hydrogens is 513 g/mol. The predicted molar refractivity (Wildman–Crippen MR) is 138 cm³/mol. The first kappa shape index (κ1) is 25.5. The number of hydrogen-bond acceptors (Lipinski definition) is 7. The first-order valence-corrected chi connectivity index (χ1v) is 11.6. The number of ether oxygens (including phenoxy) is 2. The van der Waals surface area contributed by atoms with Gasteiger partial charge in [0, 0.05) is 61.6 Å². The number of alkyl halides is 3. The maximum Gasteiger partial charge on any atom is 0.573 e. The number of anilines is 2. The second-order valence-corrected chi connectivity index (χ2v) is 8.33. The fourth-order valence-electron chi connectivity index (χ4n) is 3.92. The van der Waals surface area contributed by atoms with E-state index in [1.807, 2.05) is 6.07 Å². The summed E-state index contributed by atoms with van der Waals surface area (Å²) < 4.78 is 50.9. The van der Waals surface area contributed by atoms with Gasteiger partial charge in [-0.1, -0.05) is 6.07 Å². The van der Waals surface area contributed by atoms with Crippen LogP contribution in [0.4, 0.5) is 24.8 Å². The van der Waals surface area contributed by atoms with Gasteiger partial charge in [0.1, 0.15) is 22.9 Å². The molecule has 0 aliphatic heterocycles. The Labute approximate surface area is 220 Å². The van der Waals surface area contributed by atoms with E-state index in [1.54, 1.807) is 48.0 Å². The number of fused-ring (bicyclic) bond motifs is 1. The second-order valence-electron chi connectivity index (χ2n) is 8.33. The van der Waals surface area contributed by atoms with Crippen molar-refractivity contribution in [2.45, 2.75) is 6.36 Å². The van der Waals surface area contributed by atoms with E-state index in [1.165, 1.54) is 43.8 Å². The molecule has 0 saturated carbocycles. The molecule has 9 nitrogen and oxygen atoms in total. The molecule has 0 unspecified atom stereocenters. The Morgan fingerprint density at radius 3 is 2.56 bits per heavy atom. The van der Waals surface area contributed by atoms with Crippen LogP contribution in [0, 0.1) is 0 Å². The maximum atomic E-state index is 13.0. The summed E-state index contributed by atoms with van der Waals surface area (Å²) in [6.07, 6.45) is -0.377. The van der Waals surface area contributed by atoms with Crippen molar-refractivity contribution in [3.05, 3.63) is 84.9 Å². The molecule has 2 aromatic carbocycles. The summed E-state index contributed by atoms with van der Waals surface area (Å²) in [5.74, 6) is 0.703. The number of pyridine rings is 2. The molecule has 39 heavy (non-hydrogen) atoms. The van der Waals surface area contributed by atoms with Gasteiger partial charge in [-0.2, -0.15) is 0 Å². The zero-order valence-electron chi connectivity index (χ0n) is 20.7. The van der Waals surface area contributed by atoms with E-state index in [2.05, 4.69) is 30.3 Å². The number of imidazole rings is 1. The molecule has 5 aromatic rings. The Morgan fingerprint density at radius 2 is 1.82 bits per heavy atom. The van der Waals surface area contributed by atoms with E-state index in [0.717, 1.165) is 5.52 Å². The van der Waals surface area contributed by atoms with Gasteiger partial charge >= 0.3 is 6.36 Å². The Kier molecular flexibility index (Phi) is 6.75. The van der Waals surface area contributed by atoms with Crippen LogP contribution < -0.4 is 20.1 Å². The van der Waals surface area contributed by atoms with Crippen molar-refractivity contribution in [3.63, 3.8) is 0 Å². The lowest BCUT2D eigenvalue weighted by molar-refractivity contribution is -0.274. The molecule has 3 aromatic heterocycles. The molecular formula is C27H21F3N6O3. The maximum absolute atomic E-state index is 13.0. The number of hydrogen-bond donors (Lipinski definition) is 2. The first-order chi connectivity index (χ1) is 18.7. The number of amides is 1. The quantitative estimate of drug-likeness (QED) is 0.271. The van der Waals surface area contributed by atoms with Crippen molar-refractivity contribution in [1.82, 2.24) is 24.8 Å². The highest BCUT2D eigenvalue weighted by Gasteiger charge is 2.32. The molecule has 2 N–H and O–H groups in total. The van der Waals surface area contributed by atoms with Gasteiger partial charge in [-0.25, -0.2) is 4.98 Å². The van der Waals surface area contributed by atoms with Crippen molar-refractivity contribution < 1.29 is 27.4 Å². The van der Waals surface area contributed by atoms with Crippen molar-refractivity contribution >= 4 is 28.6 Å². The Balaban J connectivity index is 1.43. The van der Waals surface area contributed by atoms with E-state index in [0.29, 0.717) is 34.2 Å². The average Bonchev–Trinajstić information content (AvgIpc) is 3.23. The number of carbonyl (C=O) groups excluding carboxylic acids is 1. The van der Waals surface area contributed by atoms with Gasteiger partial charge in [-0.15, -0.1) is 13.2 Å². The van der Waals surface area contributed by atoms with Gasteiger partial charge < -0.3 is 24.7 Å². The number of halogens is 3. The molecule has 0 aliphatic rings. The normalized spacial score (nSPS) is 11.3. The minimum Gasteiger partial charge on any atom is -0.457 e. The summed E-state index contributed by atoms with van der Waals surface area (Å²) in [5.41, 5.74) is 2.79. The monoisotopic (exact) mass is 534 g/mol. The molecule has 0 spiro atoms. The van der Waals surface area contributed by atoms with Crippen LogP contribution in [-0.2, 0) is 7.05 Å². The fourth-order valence-corrected chi connectivity index (χ4v) is 3.92. The lowest BCUT2D eigenvalue weighted by atomic mass is 10.1. The van der Waals surface area contributed by atoms with Crippen LogP contribution in [0.5, 0.6) is 17.2 Å². The van der Waals surface area contributed by atoms with Crippen LogP contribution in [0.3, 0.4) is 0 Å². The number of aromatic nitrogens is 4. The van der Waals surface area contributed by atoms with Crippen molar-refractivity contribution in [2.24, 2.45) is 7.05 Å². The third-order valence-electron chi connectivity index (χ3n) is 5.71. The standard InChI is InChI=1S/C27H21F3N6O3/c1-31-25(37)22-14-19(9-11-33-22)38-18-6-7-23-21(13-18)35-26(36(23)2)34-17-5-8-24(39-27(28,29)30)20(12-17)16-4-3-10-32-15-16/h3-15H,1-2H3,(H,31,37)(H,34,35). The molecule has 1 amide bonds. The zero-order chi connectivity index (χ0) is 27.6. The molecule has 0 aliphatic carbocycles. The molecule has 198 valence electrons. The summed E-state index contributed by atoms with van der Waals surface area (Å²) in [6.45, 7) is 0. The second kappa shape index (κ2) is 10.3. The van der Waals surface area contributed by atoms with Crippen LogP contribution in [-0.4, -0.2) is 38.8 Å². The van der Waals surface area contributed by atoms with E-state index in [9.17, 15) is 18.0 Å². The van der Waals surface area contributed by atoms with Crippen molar-refractivity contribution in [1.29, 1.82) is 0 Å². The minimum atomic E-state index is -4.84. The highest BCUT2D eigenvalue weighted by Crippen LogP contribution is 2.36. The van der Waals surface area contributed by atoms with E-state index < -0.39 is 6.36 Å². The Hall–Kier alpha value is -5.13. The smallest absolute Gasteiger partial charge is 0.457 e. The van der Waals surface area contributed by atoms with Crippen LogP contribution in [0.2, 0.25) is 0 Å². The van der Waals surface area contributed by atoms with Crippen LogP contribution in [0.1, 0.15) is 10.5 Å². The summed E-state index contributed by atoms with van der Waals surface area (Å²) in [4.78, 5) is 24.5. The molecule has 3 heterocycles. The zero-order valence-corrected chi connectivity index (χ0v) is 20.7. The lowest BCUT2D eigenvalue weighted by Gasteiger charge is -2.15. The average molecular weight is 534 g/mol. The van der Waals surface area contributed by atoms with Gasteiger partial charge in [0.2, 0.25) is 5.95 Å². The number of benzene rings is 2. The molecule has 5 rings (SSSR count). The van der Waals surface area contributed by atoms with Crippen LogP contribution >= 0.6 is 0 Å². The number of rotatable bonds is 7. The van der Waals surface area contributed by atoms with Gasteiger partial charge in [-0.3, -0.25) is 14.8 Å². The Morgan fingerprint density at radius 1 is 1.00 bits per heavy atom. The number of carbonyl (C=O) groups is 1. The Bertz CT molecular complexity index is 1650. The largest absolute Gasteiger partial charge is 0.573 e. The molecule has 0 bridgehead atoms. The minimum absolute atomic E-state index is 0.216. The molecule has 0 atom stereocenters. The van der Waals surface area contributed by atoms with Gasteiger partial charge in [0.25, 0.3) is 5.91 Å². The number of nitrogens with one attached hydrogen (secondary N) is 2. The highest BCUT2D eigenvalue weighted by molar-refractivity contribution is 5.92. The summed E-state index contributed by atoms with van der Waals surface area (Å²) in [5, 5.41) is 5.67. The van der Waals surface area contributed by atoms with Gasteiger partial charge in [0.15, 0.2) is 0 Å². The fraction of sp³-hybridized carbons (Fsp3) is 0.111. The van der Waals surface area contributed by atoms with Gasteiger partial charge in [0.05, 0.1) is 11.0 Å². The number of aryl methyl sites for hydroxylation is 1. The highest BCUT2D eigenvalue weighted by atomic mass is 19.4. The summed E-state index contributed by atoms with van der Waals surface area (Å²) in [6, 6.07) is 16.0. The third-order valence-corrected chi connectivity index (χ3v) is 5.71. The van der Waals surface area contributed by atoms with E-state index in [-0.39, 0.29) is 22.9 Å². The molecule has 12 heteroatoms. The van der Waals surface area contributed by atoms with Crippen LogP contribution in [0.25, 0.3) is 22.2 Å². The first-order valence-electron chi connectivity index (χ1n) is 11.6. The van der Waals surface area contributed by atoms with E-state index in [4.69, 9.17) is 4.74 Å². The van der Waals surface area contributed by atoms with Crippen LogP contribution in [0.15, 0.2) is 79.3 Å².